The highest BCUT2D eigenvalue weighted by molar-refractivity contribution is 7.17. The van der Waals surface area contributed by atoms with Crippen LogP contribution in [0.25, 0.3) is 0 Å². The van der Waals surface area contributed by atoms with Crippen molar-refractivity contribution in [3.8, 4) is 0 Å². The lowest BCUT2D eigenvalue weighted by Gasteiger charge is -2.05. The number of aliphatic hydroxyl groups excluding tert-OH is 1. The van der Waals surface area contributed by atoms with Gasteiger partial charge in [-0.1, -0.05) is 29.9 Å². The quantitative estimate of drug-likeness (QED) is 0.815. The van der Waals surface area contributed by atoms with Gasteiger partial charge in [-0.3, -0.25) is 0 Å². The maximum Gasteiger partial charge on any atom is 0.350 e. The van der Waals surface area contributed by atoms with Gasteiger partial charge in [-0.25, -0.2) is 9.78 Å². The van der Waals surface area contributed by atoms with Gasteiger partial charge in [0.25, 0.3) is 0 Å². The molecule has 0 aliphatic rings. The van der Waals surface area contributed by atoms with E-state index in [4.69, 9.17) is 11.6 Å². The minimum absolute atomic E-state index is 0.230. The summed E-state index contributed by atoms with van der Waals surface area (Å²) in [7, 11) is 1.28. The van der Waals surface area contributed by atoms with Gasteiger partial charge < -0.3 is 9.84 Å². The van der Waals surface area contributed by atoms with E-state index in [9.17, 15) is 9.90 Å². The Labute approximate surface area is 90.5 Å². The van der Waals surface area contributed by atoms with Crippen LogP contribution in [-0.4, -0.2) is 23.2 Å². The smallest absolute Gasteiger partial charge is 0.350 e. The summed E-state index contributed by atoms with van der Waals surface area (Å²) in [6.45, 7) is 1.79. The number of carbonyl (C=O) groups is 1. The monoisotopic (exact) mass is 235 g/mol. The molecule has 1 aromatic heterocycles. The minimum atomic E-state index is -0.771. The topological polar surface area (TPSA) is 59.4 Å². The standard InChI is InChI=1S/C8H10ClNO3S/c1-3-4(11)5-6(7(12)13-2)14-8(9)10-5/h4,11H,3H2,1-2H3. The van der Waals surface area contributed by atoms with Crippen LogP contribution in [0.5, 0.6) is 0 Å². The minimum Gasteiger partial charge on any atom is -0.465 e. The first-order valence-electron chi connectivity index (χ1n) is 4.02. The summed E-state index contributed by atoms with van der Waals surface area (Å²) in [6, 6.07) is 0. The van der Waals surface area contributed by atoms with Crippen LogP contribution in [-0.2, 0) is 4.74 Å². The number of methoxy groups -OCH3 is 1. The van der Waals surface area contributed by atoms with Gasteiger partial charge in [0.15, 0.2) is 4.47 Å². The molecule has 0 spiro atoms. The van der Waals surface area contributed by atoms with E-state index < -0.39 is 12.1 Å². The molecule has 14 heavy (non-hydrogen) atoms. The van der Waals surface area contributed by atoms with E-state index in [1.54, 1.807) is 6.92 Å². The summed E-state index contributed by atoms with van der Waals surface area (Å²) in [6.07, 6.45) is -0.294. The maximum atomic E-state index is 11.2. The van der Waals surface area contributed by atoms with E-state index in [-0.39, 0.29) is 9.34 Å². The van der Waals surface area contributed by atoms with Gasteiger partial charge >= 0.3 is 5.97 Å². The zero-order valence-electron chi connectivity index (χ0n) is 7.78. The van der Waals surface area contributed by atoms with E-state index >= 15 is 0 Å². The van der Waals surface area contributed by atoms with Gasteiger partial charge in [0.2, 0.25) is 0 Å². The predicted octanol–water partition coefficient (Wildman–Crippen LogP) is 2.03. The van der Waals surface area contributed by atoms with Gasteiger partial charge in [0.05, 0.1) is 18.9 Å². The summed E-state index contributed by atoms with van der Waals surface area (Å²) in [5, 5.41) is 9.55. The van der Waals surface area contributed by atoms with Crippen molar-refractivity contribution in [3.05, 3.63) is 15.0 Å². The molecule has 1 aromatic rings. The number of esters is 1. The van der Waals surface area contributed by atoms with Crippen molar-refractivity contribution in [2.45, 2.75) is 19.4 Å². The number of halogens is 1. The second-order valence-electron chi connectivity index (χ2n) is 2.60. The SMILES string of the molecule is CCC(O)c1nc(Cl)sc1C(=O)OC. The number of hydrogen-bond donors (Lipinski definition) is 1. The Hall–Kier alpha value is -0.650. The van der Waals surface area contributed by atoms with Gasteiger partial charge in [-0.2, -0.15) is 0 Å². The second-order valence-corrected chi connectivity index (χ2v) is 4.18. The average Bonchev–Trinajstić information content (AvgIpc) is 2.58. The van der Waals surface area contributed by atoms with E-state index in [0.717, 1.165) is 11.3 Å². The molecule has 0 aliphatic carbocycles. The Morgan fingerprint density at radius 3 is 2.93 bits per heavy atom. The van der Waals surface area contributed by atoms with Crippen molar-refractivity contribution in [3.63, 3.8) is 0 Å². The molecule has 0 aliphatic heterocycles. The van der Waals surface area contributed by atoms with E-state index in [0.29, 0.717) is 12.1 Å². The highest BCUT2D eigenvalue weighted by Crippen LogP contribution is 2.29. The lowest BCUT2D eigenvalue weighted by Crippen LogP contribution is -2.06. The van der Waals surface area contributed by atoms with Crippen LogP contribution in [0.15, 0.2) is 0 Å². The lowest BCUT2D eigenvalue weighted by atomic mass is 10.2. The molecule has 1 rings (SSSR count). The summed E-state index contributed by atoms with van der Waals surface area (Å²) in [4.78, 5) is 15.4. The molecule has 1 unspecified atom stereocenters. The molecule has 78 valence electrons. The number of carbonyl (C=O) groups excluding carboxylic acids is 1. The number of hydrogen-bond acceptors (Lipinski definition) is 5. The molecule has 1 N–H and O–H groups in total. The third kappa shape index (κ3) is 2.23. The second kappa shape index (κ2) is 4.72. The molecule has 4 nitrogen and oxygen atoms in total. The lowest BCUT2D eigenvalue weighted by molar-refractivity contribution is 0.0598. The number of ether oxygens (including phenoxy) is 1. The van der Waals surface area contributed by atoms with Crippen LogP contribution < -0.4 is 0 Å². The largest absolute Gasteiger partial charge is 0.465 e. The molecular formula is C8H10ClNO3S. The molecule has 0 radical (unpaired) electrons. The van der Waals surface area contributed by atoms with Crippen LogP contribution in [0.2, 0.25) is 4.47 Å². The third-order valence-corrected chi connectivity index (χ3v) is 2.86. The van der Waals surface area contributed by atoms with Crippen LogP contribution in [0, 0.1) is 0 Å². The summed E-state index contributed by atoms with van der Waals surface area (Å²) in [5.41, 5.74) is 0.300. The van der Waals surface area contributed by atoms with E-state index in [1.807, 2.05) is 0 Å². The van der Waals surface area contributed by atoms with E-state index in [1.165, 1.54) is 7.11 Å². The van der Waals surface area contributed by atoms with Crippen molar-refractivity contribution in [2.75, 3.05) is 7.11 Å². The molecule has 0 saturated heterocycles. The fourth-order valence-corrected chi connectivity index (χ4v) is 2.05. The molecule has 1 heterocycles. The first-order chi connectivity index (χ1) is 6.60. The van der Waals surface area contributed by atoms with Crippen molar-refractivity contribution < 1.29 is 14.6 Å². The van der Waals surface area contributed by atoms with Crippen LogP contribution in [0.1, 0.15) is 34.8 Å². The van der Waals surface area contributed by atoms with Crippen molar-refractivity contribution in [2.24, 2.45) is 0 Å². The molecule has 6 heteroatoms. The Morgan fingerprint density at radius 2 is 2.43 bits per heavy atom. The van der Waals surface area contributed by atoms with Gasteiger partial charge in [-0.05, 0) is 6.42 Å². The molecule has 0 bridgehead atoms. The fourth-order valence-electron chi connectivity index (χ4n) is 0.963. The van der Waals surface area contributed by atoms with Crippen LogP contribution in [0.4, 0.5) is 0 Å². The molecule has 0 fully saturated rings. The summed E-state index contributed by atoms with van der Waals surface area (Å²) in [5.74, 6) is -0.517. The molecule has 0 aromatic carbocycles. The molecular weight excluding hydrogens is 226 g/mol. The zero-order chi connectivity index (χ0) is 10.7. The molecule has 0 saturated carbocycles. The van der Waals surface area contributed by atoms with Gasteiger partial charge in [-0.15, -0.1) is 0 Å². The number of thiazole rings is 1. The fraction of sp³-hybridized carbons (Fsp3) is 0.500. The summed E-state index contributed by atoms with van der Waals surface area (Å²) >= 11 is 6.67. The van der Waals surface area contributed by atoms with E-state index in [2.05, 4.69) is 9.72 Å². The van der Waals surface area contributed by atoms with Crippen LogP contribution >= 0.6 is 22.9 Å². The number of nitrogens with zero attached hydrogens (tertiary/aromatic N) is 1. The Balaban J connectivity index is 3.08. The predicted molar refractivity (Wildman–Crippen MR) is 53.7 cm³/mol. The van der Waals surface area contributed by atoms with Crippen molar-refractivity contribution >= 4 is 28.9 Å². The first kappa shape index (κ1) is 11.4. The Bertz CT molecular complexity index is 339. The Morgan fingerprint density at radius 1 is 1.79 bits per heavy atom. The zero-order valence-corrected chi connectivity index (χ0v) is 9.35. The number of aliphatic hydroxyl groups is 1. The average molecular weight is 236 g/mol. The molecule has 1 atom stereocenters. The number of aromatic nitrogens is 1. The van der Waals surface area contributed by atoms with Crippen molar-refractivity contribution in [1.82, 2.24) is 4.98 Å². The van der Waals surface area contributed by atoms with Crippen molar-refractivity contribution in [1.29, 1.82) is 0 Å². The summed E-state index contributed by atoms with van der Waals surface area (Å²) < 4.78 is 4.78. The van der Waals surface area contributed by atoms with Gasteiger partial charge in [0.1, 0.15) is 4.88 Å². The highest BCUT2D eigenvalue weighted by Gasteiger charge is 2.22. The van der Waals surface area contributed by atoms with Gasteiger partial charge in [0, 0.05) is 0 Å². The normalized spacial score (nSPS) is 12.6. The molecule has 0 amide bonds. The third-order valence-electron chi connectivity index (χ3n) is 1.70. The first-order valence-corrected chi connectivity index (χ1v) is 5.22. The maximum absolute atomic E-state index is 11.2. The Kier molecular flexibility index (Phi) is 3.86. The van der Waals surface area contributed by atoms with Crippen LogP contribution in [0.3, 0.4) is 0 Å². The highest BCUT2D eigenvalue weighted by atomic mass is 35.5. The number of rotatable bonds is 3.